The first-order valence-corrected chi connectivity index (χ1v) is 10.7. The molecule has 1 amide bonds. The largest absolute Gasteiger partial charge is 0.502 e. The molecule has 0 aliphatic carbocycles. The fourth-order valence-corrected chi connectivity index (χ4v) is 4.45. The van der Waals surface area contributed by atoms with Gasteiger partial charge in [0.1, 0.15) is 5.82 Å². The highest BCUT2D eigenvalue weighted by molar-refractivity contribution is 5.98. The number of phenolic OH excluding ortho intramolecular Hbond substituents is 2. The van der Waals surface area contributed by atoms with E-state index in [1.807, 2.05) is 11.5 Å². The second-order valence-electron chi connectivity index (χ2n) is 8.76. The maximum Gasteiger partial charge on any atom is 0.251 e. The lowest BCUT2D eigenvalue weighted by molar-refractivity contribution is -0.0868. The normalized spacial score (nSPS) is 19.4. The van der Waals surface area contributed by atoms with E-state index >= 15 is 4.39 Å². The van der Waals surface area contributed by atoms with Crippen LogP contribution in [0, 0.1) is 5.82 Å². The number of carbonyl (C=O) groups is 1. The Morgan fingerprint density at radius 3 is 2.76 bits per heavy atom. The Hall–Kier alpha value is -3.37. The fourth-order valence-electron chi connectivity index (χ4n) is 4.45. The van der Waals surface area contributed by atoms with E-state index in [9.17, 15) is 15.0 Å². The van der Waals surface area contributed by atoms with E-state index in [0.29, 0.717) is 29.8 Å². The highest BCUT2D eigenvalue weighted by atomic mass is 19.1. The number of hydrogen-bond acceptors (Lipinski definition) is 7. The zero-order chi connectivity index (χ0) is 23.3. The van der Waals surface area contributed by atoms with Crippen molar-refractivity contribution >= 4 is 16.9 Å². The van der Waals surface area contributed by atoms with Crippen LogP contribution in [0.4, 0.5) is 4.39 Å². The van der Waals surface area contributed by atoms with Gasteiger partial charge in [-0.15, -0.1) is 0 Å². The van der Waals surface area contributed by atoms with Crippen molar-refractivity contribution in [1.82, 2.24) is 20.2 Å². The van der Waals surface area contributed by atoms with Gasteiger partial charge < -0.3 is 34.9 Å². The summed E-state index contributed by atoms with van der Waals surface area (Å²) in [6.07, 6.45) is 0.872. The molecule has 4 N–H and O–H groups in total. The van der Waals surface area contributed by atoms with Gasteiger partial charge in [-0.05, 0) is 44.2 Å². The first kappa shape index (κ1) is 21.5. The number of hydrogen-bond donors (Lipinski definition) is 4. The van der Waals surface area contributed by atoms with Gasteiger partial charge in [-0.25, -0.2) is 9.37 Å². The molecule has 3 aromatic rings. The average molecular weight is 456 g/mol. The molecule has 5 rings (SSSR count). The number of aromatic nitrogens is 2. The Bertz CT molecular complexity index is 1250. The molecule has 9 nitrogen and oxygen atoms in total. The van der Waals surface area contributed by atoms with Crippen LogP contribution in [-0.2, 0) is 10.3 Å². The number of nitrogens with one attached hydrogen (secondary N) is 2. The van der Waals surface area contributed by atoms with Gasteiger partial charge in [-0.3, -0.25) is 4.79 Å². The van der Waals surface area contributed by atoms with Gasteiger partial charge in [-0.2, -0.15) is 0 Å². The Morgan fingerprint density at radius 1 is 1.33 bits per heavy atom. The summed E-state index contributed by atoms with van der Waals surface area (Å²) in [5.74, 6) is -2.64. The van der Waals surface area contributed by atoms with Crippen LogP contribution in [0.5, 0.6) is 17.2 Å². The van der Waals surface area contributed by atoms with E-state index in [2.05, 4.69) is 15.6 Å². The Balaban J connectivity index is 1.67. The van der Waals surface area contributed by atoms with Gasteiger partial charge >= 0.3 is 0 Å². The van der Waals surface area contributed by atoms with Gasteiger partial charge in [0.05, 0.1) is 42.5 Å². The lowest BCUT2D eigenvalue weighted by Gasteiger charge is -2.40. The molecule has 0 spiro atoms. The maximum absolute atomic E-state index is 15.1. The van der Waals surface area contributed by atoms with Crippen LogP contribution in [0.3, 0.4) is 0 Å². The van der Waals surface area contributed by atoms with E-state index in [0.717, 1.165) is 19.5 Å². The summed E-state index contributed by atoms with van der Waals surface area (Å²) in [5.41, 5.74) is 1.09. The summed E-state index contributed by atoms with van der Waals surface area (Å²) in [5, 5.41) is 26.4. The molecule has 2 saturated heterocycles. The molecule has 2 fully saturated rings. The van der Waals surface area contributed by atoms with Crippen LogP contribution < -0.4 is 15.4 Å². The van der Waals surface area contributed by atoms with E-state index < -0.39 is 22.9 Å². The zero-order valence-electron chi connectivity index (χ0n) is 18.3. The second kappa shape index (κ2) is 7.89. The van der Waals surface area contributed by atoms with Gasteiger partial charge in [0.25, 0.3) is 5.91 Å². The number of fused-ring (bicyclic) bond motifs is 1. The van der Waals surface area contributed by atoms with Crippen molar-refractivity contribution in [3.63, 3.8) is 0 Å². The highest BCUT2D eigenvalue weighted by Gasteiger charge is 2.39. The molecule has 3 heterocycles. The predicted octanol–water partition coefficient (Wildman–Crippen LogP) is 2.10. The summed E-state index contributed by atoms with van der Waals surface area (Å²) in [6.45, 7) is 4.30. The van der Waals surface area contributed by atoms with Crippen molar-refractivity contribution < 1.29 is 28.9 Å². The Labute approximate surface area is 189 Å². The van der Waals surface area contributed by atoms with Crippen LogP contribution in [-0.4, -0.2) is 65.1 Å². The topological polar surface area (TPSA) is 118 Å². The molecule has 10 heteroatoms. The van der Waals surface area contributed by atoms with Crippen LogP contribution in [0.2, 0.25) is 0 Å². The molecule has 2 aliphatic heterocycles. The van der Waals surface area contributed by atoms with E-state index in [1.165, 1.54) is 13.2 Å². The number of benzene rings is 2. The second-order valence-corrected chi connectivity index (χ2v) is 8.76. The fraction of sp³-hybridized carbons (Fsp3) is 0.391. The first-order chi connectivity index (χ1) is 15.8. The summed E-state index contributed by atoms with van der Waals surface area (Å²) < 4.78 is 27.5. The quantitative estimate of drug-likeness (QED) is 0.434. The molecule has 174 valence electrons. The standard InChI is InChI=1S/C23H25FN4O5/c1-23(10-33-11-23)28-16-7-12(22(31)26-13-5-6-25-9-13)3-4-15(16)27-21(28)14-8-17(32-2)19(29)20(30)18(14)24/h3-4,7-8,13,25,29-30H,5-6,9-11H2,1-2H3,(H,26,31). The van der Waals surface area contributed by atoms with Crippen LogP contribution in [0.25, 0.3) is 22.4 Å². The van der Waals surface area contributed by atoms with Gasteiger partial charge in [0.15, 0.2) is 17.3 Å². The highest BCUT2D eigenvalue weighted by Crippen LogP contribution is 2.44. The lowest BCUT2D eigenvalue weighted by Crippen LogP contribution is -2.49. The molecule has 0 bridgehead atoms. The zero-order valence-corrected chi connectivity index (χ0v) is 18.3. The monoisotopic (exact) mass is 456 g/mol. The maximum atomic E-state index is 15.1. The van der Waals surface area contributed by atoms with Crippen molar-refractivity contribution in [2.75, 3.05) is 33.4 Å². The molecule has 0 saturated carbocycles. The summed E-state index contributed by atoms with van der Waals surface area (Å²) in [7, 11) is 1.31. The predicted molar refractivity (Wildman–Crippen MR) is 118 cm³/mol. The van der Waals surface area contributed by atoms with Crippen molar-refractivity contribution in [3.05, 3.63) is 35.6 Å². The van der Waals surface area contributed by atoms with Gasteiger partial charge in [-0.1, -0.05) is 0 Å². The number of methoxy groups -OCH3 is 1. The van der Waals surface area contributed by atoms with Crippen molar-refractivity contribution in [2.45, 2.75) is 24.9 Å². The molecule has 2 aliphatic rings. The summed E-state index contributed by atoms with van der Waals surface area (Å²) >= 11 is 0. The van der Waals surface area contributed by atoms with Gasteiger partial charge in [0, 0.05) is 18.2 Å². The van der Waals surface area contributed by atoms with E-state index in [4.69, 9.17) is 9.47 Å². The number of carbonyl (C=O) groups excluding carboxylic acids is 1. The van der Waals surface area contributed by atoms with Gasteiger partial charge in [0.2, 0.25) is 5.75 Å². The smallest absolute Gasteiger partial charge is 0.251 e. The molecule has 1 aromatic heterocycles. The number of ether oxygens (including phenoxy) is 2. The van der Waals surface area contributed by atoms with Crippen LogP contribution in [0.15, 0.2) is 24.3 Å². The first-order valence-electron chi connectivity index (χ1n) is 10.7. The average Bonchev–Trinajstić information content (AvgIpc) is 3.43. The third-order valence-corrected chi connectivity index (χ3v) is 6.32. The SMILES string of the molecule is COc1cc(-c2nc3ccc(C(=O)NC4CCNC4)cc3n2C2(C)COC2)c(F)c(O)c1O. The van der Waals surface area contributed by atoms with Crippen molar-refractivity contribution in [1.29, 1.82) is 0 Å². The molecule has 2 aromatic carbocycles. The number of halogens is 1. The van der Waals surface area contributed by atoms with E-state index in [1.54, 1.807) is 18.2 Å². The molecule has 33 heavy (non-hydrogen) atoms. The minimum absolute atomic E-state index is 0.0329. The van der Waals surface area contributed by atoms with Crippen molar-refractivity contribution in [2.24, 2.45) is 0 Å². The number of phenols is 2. The summed E-state index contributed by atoms with van der Waals surface area (Å²) in [4.78, 5) is 17.5. The molecular weight excluding hydrogens is 431 g/mol. The molecule has 1 unspecified atom stereocenters. The van der Waals surface area contributed by atoms with E-state index in [-0.39, 0.29) is 29.1 Å². The molecule has 1 atom stereocenters. The number of amides is 1. The van der Waals surface area contributed by atoms with Crippen molar-refractivity contribution in [3.8, 4) is 28.6 Å². The summed E-state index contributed by atoms with van der Waals surface area (Å²) in [6, 6.07) is 6.52. The third-order valence-electron chi connectivity index (χ3n) is 6.32. The molecular formula is C23H25FN4O5. The molecule has 0 radical (unpaired) electrons. The Morgan fingerprint density at radius 2 is 2.12 bits per heavy atom. The number of aromatic hydroxyl groups is 2. The minimum atomic E-state index is -1.01. The van der Waals surface area contributed by atoms with Crippen LogP contribution >= 0.6 is 0 Å². The number of rotatable bonds is 5. The number of nitrogens with zero attached hydrogens (tertiary/aromatic N) is 2. The minimum Gasteiger partial charge on any atom is -0.502 e. The Kier molecular flexibility index (Phi) is 5.13. The van der Waals surface area contributed by atoms with Crippen LogP contribution in [0.1, 0.15) is 23.7 Å². The third kappa shape index (κ3) is 3.46. The lowest BCUT2D eigenvalue weighted by atomic mass is 9.98. The number of imidazole rings is 1.